The summed E-state index contributed by atoms with van der Waals surface area (Å²) < 4.78 is 28.2. The van der Waals surface area contributed by atoms with Gasteiger partial charge in [-0.15, -0.1) is 0 Å². The van der Waals surface area contributed by atoms with Crippen molar-refractivity contribution in [3.63, 3.8) is 0 Å². The first-order chi connectivity index (χ1) is 25.5. The second-order valence-corrected chi connectivity index (χ2v) is 17.4. The van der Waals surface area contributed by atoms with E-state index in [0.29, 0.717) is 35.1 Å². The Labute approximate surface area is 310 Å². The Balaban J connectivity index is 1.28. The smallest absolute Gasteiger partial charge is 0.338 e. The van der Waals surface area contributed by atoms with E-state index in [-0.39, 0.29) is 66.3 Å². The van der Waals surface area contributed by atoms with E-state index < -0.39 is 101 Å². The Morgan fingerprint density at radius 3 is 2.31 bits per heavy atom. The molecule has 2 heterocycles. The molecule has 0 radical (unpaired) electrons. The fourth-order valence-corrected chi connectivity index (χ4v) is 12.8. The number of rotatable bonds is 1. The van der Waals surface area contributed by atoms with Gasteiger partial charge in [0, 0.05) is 34.5 Å². The van der Waals surface area contributed by atoms with Crippen molar-refractivity contribution in [2.45, 2.75) is 83.2 Å². The van der Waals surface area contributed by atoms with Gasteiger partial charge in [0.2, 0.25) is 0 Å². The molecule has 0 saturated heterocycles. The van der Waals surface area contributed by atoms with Crippen molar-refractivity contribution in [2.24, 2.45) is 52.3 Å². The monoisotopic (exact) mass is 748 g/mol. The summed E-state index contributed by atoms with van der Waals surface area (Å²) in [7, 11) is 1.18. The SMILES string of the molecule is COC(=O)/C(C)=C1\C(=O)[C@@H](O)[C@@]2(C)C3=C([C@@H](O)[C@@H]4[C@@]5(OC(=O)C6=C5C[C@@H]5[C@@](O)(COC(=O)/C=C(\C)COC(=O)CCC(=O)OC6)[C@@H]6C[C@@H]6[C@]54C)[C@@H]31)[C@@H]1C[C@@H]12. The van der Waals surface area contributed by atoms with E-state index in [1.54, 1.807) is 13.8 Å². The van der Waals surface area contributed by atoms with Gasteiger partial charge in [0.05, 0.1) is 37.5 Å². The molecule has 0 aromatic carbocycles. The number of ether oxygens (including phenoxy) is 5. The first-order valence-corrected chi connectivity index (χ1v) is 18.7. The summed E-state index contributed by atoms with van der Waals surface area (Å²) in [5.41, 5.74) is -3.72. The summed E-state index contributed by atoms with van der Waals surface area (Å²) in [6.45, 7) is 5.61. The molecule has 0 aromatic heterocycles. The van der Waals surface area contributed by atoms with Gasteiger partial charge < -0.3 is 39.0 Å². The topological polar surface area (TPSA) is 209 Å². The van der Waals surface area contributed by atoms with Crippen LogP contribution >= 0.6 is 0 Å². The van der Waals surface area contributed by atoms with E-state index in [2.05, 4.69) is 0 Å². The molecule has 2 aliphatic heterocycles. The van der Waals surface area contributed by atoms with Crippen molar-refractivity contribution in [1.82, 2.24) is 0 Å². The van der Waals surface area contributed by atoms with Crippen LogP contribution in [0.4, 0.5) is 0 Å². The molecule has 0 amide bonds. The quantitative estimate of drug-likeness (QED) is 0.150. The maximum Gasteiger partial charge on any atom is 0.338 e. The fourth-order valence-electron chi connectivity index (χ4n) is 12.8. The maximum atomic E-state index is 14.6. The van der Waals surface area contributed by atoms with Crippen LogP contribution in [0.15, 0.2) is 45.1 Å². The zero-order valence-corrected chi connectivity index (χ0v) is 30.8. The predicted molar refractivity (Wildman–Crippen MR) is 180 cm³/mol. The summed E-state index contributed by atoms with van der Waals surface area (Å²) in [5.74, 6) is -8.27. The van der Waals surface area contributed by atoms with Crippen molar-refractivity contribution >= 4 is 35.6 Å². The number of ketones is 1. The number of Topliss-reactive ketones (excluding diaryl/α,β-unsaturated/α-hetero) is 1. The molecule has 9 rings (SSSR count). The second-order valence-electron chi connectivity index (χ2n) is 17.4. The van der Waals surface area contributed by atoms with Gasteiger partial charge in [-0.05, 0) is 84.5 Å². The van der Waals surface area contributed by atoms with Crippen molar-refractivity contribution in [2.75, 3.05) is 26.9 Å². The first kappa shape index (κ1) is 35.6. The van der Waals surface area contributed by atoms with Crippen LogP contribution in [-0.2, 0) is 52.5 Å². The number of hydrogen-bond donors (Lipinski definition) is 3. The molecule has 0 unspecified atom stereocenters. The van der Waals surface area contributed by atoms with Crippen LogP contribution < -0.4 is 0 Å². The lowest BCUT2D eigenvalue weighted by molar-refractivity contribution is -0.206. The standard InChI is InChI=1S/C40H44O14/c1-15-8-26(43)53-14-39(49)22-10-21(22)37(3)23(39)11-20-18(13-52-25(42)7-6-24(41)51-12-15)36(48)54-40(20)30-27(16(2)35(47)50-5)32(45)34(46)38(4)19-9-17(19)28(29(30)38)31(44)33(37)40/h8,17,19,21-23,30-31,33-34,44,46,49H,6-7,9-14H2,1-5H3/b15-8+,27-16-/t17-,19+,21+,22-,23+,30-,31-,33+,34-,37-,38-,39-,40+/m1/s1. The van der Waals surface area contributed by atoms with Crippen molar-refractivity contribution in [1.29, 1.82) is 0 Å². The summed E-state index contributed by atoms with van der Waals surface area (Å²) in [6, 6.07) is 0. The number of aliphatic hydroxyl groups is 3. The highest BCUT2D eigenvalue weighted by atomic mass is 16.6. The molecular formula is C40H44O14. The van der Waals surface area contributed by atoms with Crippen LogP contribution in [0.2, 0.25) is 0 Å². The van der Waals surface area contributed by atoms with Gasteiger partial charge in [-0.3, -0.25) is 14.4 Å². The number of methoxy groups -OCH3 is 1. The van der Waals surface area contributed by atoms with Gasteiger partial charge in [0.1, 0.15) is 31.5 Å². The van der Waals surface area contributed by atoms with E-state index in [0.717, 1.165) is 0 Å². The summed E-state index contributed by atoms with van der Waals surface area (Å²) in [5, 5.41) is 37.5. The zero-order chi connectivity index (χ0) is 38.6. The number of carbonyl (C=O) groups is 6. The van der Waals surface area contributed by atoms with Crippen LogP contribution in [0.1, 0.15) is 59.8 Å². The fraction of sp³-hybridized carbons (Fsp3) is 0.650. The van der Waals surface area contributed by atoms with Gasteiger partial charge in [0.15, 0.2) is 11.4 Å². The molecule has 2 bridgehead atoms. The zero-order valence-electron chi connectivity index (χ0n) is 30.8. The van der Waals surface area contributed by atoms with Gasteiger partial charge in [-0.2, -0.15) is 0 Å². The Morgan fingerprint density at radius 1 is 0.944 bits per heavy atom. The van der Waals surface area contributed by atoms with Crippen LogP contribution in [-0.4, -0.2) is 101 Å². The minimum atomic E-state index is -1.79. The number of fused-ring (bicyclic) bond motifs is 7. The lowest BCUT2D eigenvalue weighted by atomic mass is 9.41. The number of cyclic esters (lactones) is 3. The normalized spacial score (nSPS) is 48.0. The molecule has 7 aliphatic carbocycles. The number of aliphatic hydroxyl groups excluding tert-OH is 2. The third-order valence-electron chi connectivity index (χ3n) is 15.1. The molecule has 54 heavy (non-hydrogen) atoms. The highest BCUT2D eigenvalue weighted by Gasteiger charge is 2.85. The average molecular weight is 749 g/mol. The lowest BCUT2D eigenvalue weighted by Crippen LogP contribution is -2.70. The van der Waals surface area contributed by atoms with E-state index in [1.807, 2.05) is 6.92 Å². The van der Waals surface area contributed by atoms with Gasteiger partial charge in [-0.1, -0.05) is 13.8 Å². The predicted octanol–water partition coefficient (Wildman–Crippen LogP) is 1.35. The van der Waals surface area contributed by atoms with Gasteiger partial charge in [-0.25, -0.2) is 14.4 Å². The molecule has 1 spiro atoms. The lowest BCUT2D eigenvalue weighted by Gasteiger charge is -2.64. The summed E-state index contributed by atoms with van der Waals surface area (Å²) in [6.07, 6.45) is -1.15. The van der Waals surface area contributed by atoms with Crippen LogP contribution in [0, 0.1) is 52.3 Å². The third kappa shape index (κ3) is 4.22. The Bertz CT molecular complexity index is 2000. The highest BCUT2D eigenvalue weighted by molar-refractivity contribution is 6.09. The molecule has 14 heteroatoms. The minimum Gasteiger partial charge on any atom is -0.466 e. The Kier molecular flexibility index (Phi) is 7.39. The van der Waals surface area contributed by atoms with Crippen molar-refractivity contribution < 1.29 is 67.8 Å². The minimum absolute atomic E-state index is 0.00936. The third-order valence-corrected chi connectivity index (χ3v) is 15.1. The van der Waals surface area contributed by atoms with E-state index in [4.69, 9.17) is 23.7 Å². The number of hydrogen-bond acceptors (Lipinski definition) is 14. The molecule has 3 N–H and O–H groups in total. The molecular weight excluding hydrogens is 704 g/mol. The summed E-state index contributed by atoms with van der Waals surface area (Å²) in [4.78, 5) is 80.8. The largest absolute Gasteiger partial charge is 0.466 e. The van der Waals surface area contributed by atoms with E-state index >= 15 is 0 Å². The Hall–Kier alpha value is -4.14. The molecule has 5 saturated carbocycles. The molecule has 5 fully saturated rings. The maximum absolute atomic E-state index is 14.6. The highest BCUT2D eigenvalue weighted by Crippen LogP contribution is 2.83. The number of esters is 5. The number of carbonyl (C=O) groups excluding carboxylic acids is 6. The van der Waals surface area contributed by atoms with Crippen molar-refractivity contribution in [3.8, 4) is 0 Å². The Morgan fingerprint density at radius 2 is 1.63 bits per heavy atom. The van der Waals surface area contributed by atoms with Crippen LogP contribution in [0.3, 0.4) is 0 Å². The molecule has 0 aromatic rings. The van der Waals surface area contributed by atoms with Crippen LogP contribution in [0.5, 0.6) is 0 Å². The van der Waals surface area contributed by atoms with Gasteiger partial charge in [0.25, 0.3) is 0 Å². The first-order valence-electron chi connectivity index (χ1n) is 18.7. The van der Waals surface area contributed by atoms with Gasteiger partial charge >= 0.3 is 29.8 Å². The van der Waals surface area contributed by atoms with Crippen LogP contribution in [0.25, 0.3) is 0 Å². The average Bonchev–Trinajstić information content (AvgIpc) is 4.05. The molecule has 288 valence electrons. The second kappa shape index (κ2) is 11.2. The molecule has 14 nitrogen and oxygen atoms in total. The van der Waals surface area contributed by atoms with E-state index in [9.17, 15) is 44.1 Å². The summed E-state index contributed by atoms with van der Waals surface area (Å²) >= 11 is 0. The molecule has 13 atom stereocenters. The molecule has 9 aliphatic rings. The van der Waals surface area contributed by atoms with Crippen molar-refractivity contribution in [3.05, 3.63) is 45.1 Å². The van der Waals surface area contributed by atoms with E-state index in [1.165, 1.54) is 20.1 Å².